The highest BCUT2D eigenvalue weighted by Crippen LogP contribution is 2.36. The third-order valence-corrected chi connectivity index (χ3v) is 4.41. The van der Waals surface area contributed by atoms with Gasteiger partial charge < -0.3 is 10.2 Å². The van der Waals surface area contributed by atoms with Crippen LogP contribution < -0.4 is 10.2 Å². The van der Waals surface area contributed by atoms with Crippen LogP contribution in [0.5, 0.6) is 0 Å². The van der Waals surface area contributed by atoms with Crippen LogP contribution >= 0.6 is 0 Å². The Bertz CT molecular complexity index is 496. The van der Waals surface area contributed by atoms with Crippen molar-refractivity contribution in [3.8, 4) is 0 Å². The van der Waals surface area contributed by atoms with Gasteiger partial charge in [-0.2, -0.15) is 0 Å². The molecule has 6 heteroatoms. The van der Waals surface area contributed by atoms with E-state index in [0.29, 0.717) is 17.1 Å². The summed E-state index contributed by atoms with van der Waals surface area (Å²) in [4.78, 5) is 17.2. The average molecular weight is 278 g/mol. The van der Waals surface area contributed by atoms with E-state index in [4.69, 9.17) is 0 Å². The van der Waals surface area contributed by atoms with E-state index in [2.05, 4.69) is 29.0 Å². The molecule has 1 aromatic heterocycles. The van der Waals surface area contributed by atoms with Crippen LogP contribution in [0.25, 0.3) is 0 Å². The maximum atomic E-state index is 11.0. The fourth-order valence-corrected chi connectivity index (χ4v) is 2.53. The Hall–Kier alpha value is -1.85. The van der Waals surface area contributed by atoms with Crippen LogP contribution in [0.15, 0.2) is 12.1 Å². The molecule has 110 valence electrons. The van der Waals surface area contributed by atoms with Crippen molar-refractivity contribution in [1.82, 2.24) is 4.98 Å². The highest BCUT2D eigenvalue weighted by Gasteiger charge is 2.29. The molecule has 2 rings (SSSR count). The summed E-state index contributed by atoms with van der Waals surface area (Å²) in [5.74, 6) is 1.24. The van der Waals surface area contributed by atoms with Gasteiger partial charge in [0, 0.05) is 20.1 Å². The van der Waals surface area contributed by atoms with Crippen molar-refractivity contribution in [3.05, 3.63) is 22.2 Å². The van der Waals surface area contributed by atoms with Gasteiger partial charge in [-0.05, 0) is 18.3 Å². The lowest BCUT2D eigenvalue weighted by molar-refractivity contribution is -0.384. The minimum Gasteiger partial charge on any atom is -0.373 e. The van der Waals surface area contributed by atoms with E-state index >= 15 is 0 Å². The van der Waals surface area contributed by atoms with Gasteiger partial charge in [0.05, 0.1) is 17.1 Å². The zero-order chi connectivity index (χ0) is 14.8. The summed E-state index contributed by atoms with van der Waals surface area (Å²) in [7, 11) is 1.72. The molecule has 1 N–H and O–H groups in total. The Kier molecular flexibility index (Phi) is 4.11. The van der Waals surface area contributed by atoms with Crippen molar-refractivity contribution < 1.29 is 4.92 Å². The molecule has 1 aliphatic rings. The molecule has 1 aromatic rings. The largest absolute Gasteiger partial charge is 0.373 e. The molecule has 0 bridgehead atoms. The Morgan fingerprint density at radius 3 is 2.60 bits per heavy atom. The topological polar surface area (TPSA) is 71.3 Å². The molecular weight excluding hydrogens is 256 g/mol. The fourth-order valence-electron chi connectivity index (χ4n) is 2.53. The van der Waals surface area contributed by atoms with Gasteiger partial charge in [-0.1, -0.05) is 20.3 Å². The lowest BCUT2D eigenvalue weighted by Gasteiger charge is -2.39. The zero-order valence-electron chi connectivity index (χ0n) is 12.3. The third kappa shape index (κ3) is 3.00. The Labute approximate surface area is 119 Å². The van der Waals surface area contributed by atoms with Crippen LogP contribution in [0, 0.1) is 15.5 Å². The molecule has 20 heavy (non-hydrogen) atoms. The first-order valence-electron chi connectivity index (χ1n) is 7.06. The second-order valence-corrected chi connectivity index (χ2v) is 5.73. The van der Waals surface area contributed by atoms with Crippen LogP contribution in [0.1, 0.15) is 33.1 Å². The molecule has 0 aromatic carbocycles. The predicted octanol–water partition coefficient (Wildman–Crippen LogP) is 3.05. The van der Waals surface area contributed by atoms with Crippen LogP contribution in [0.4, 0.5) is 17.3 Å². The molecule has 1 aliphatic heterocycles. The molecule has 0 amide bonds. The molecule has 0 saturated carbocycles. The quantitative estimate of drug-likeness (QED) is 0.677. The van der Waals surface area contributed by atoms with Crippen molar-refractivity contribution in [2.75, 3.05) is 30.4 Å². The van der Waals surface area contributed by atoms with Gasteiger partial charge in [0.2, 0.25) is 0 Å². The van der Waals surface area contributed by atoms with Gasteiger partial charge in [0.15, 0.2) is 0 Å². The number of anilines is 2. The number of pyridine rings is 1. The van der Waals surface area contributed by atoms with E-state index in [1.165, 1.54) is 12.5 Å². The fraction of sp³-hybridized carbons (Fsp3) is 0.643. The molecule has 1 fully saturated rings. The summed E-state index contributed by atoms with van der Waals surface area (Å²) in [6, 6.07) is 3.03. The Morgan fingerprint density at radius 1 is 1.45 bits per heavy atom. The second kappa shape index (κ2) is 5.64. The van der Waals surface area contributed by atoms with Crippen molar-refractivity contribution in [1.29, 1.82) is 0 Å². The predicted molar refractivity (Wildman–Crippen MR) is 80.3 cm³/mol. The van der Waals surface area contributed by atoms with Crippen molar-refractivity contribution in [2.24, 2.45) is 5.41 Å². The van der Waals surface area contributed by atoms with E-state index in [9.17, 15) is 10.1 Å². The summed E-state index contributed by atoms with van der Waals surface area (Å²) < 4.78 is 0. The number of hydrogen-bond acceptors (Lipinski definition) is 5. The highest BCUT2D eigenvalue weighted by atomic mass is 16.6. The van der Waals surface area contributed by atoms with Crippen molar-refractivity contribution in [2.45, 2.75) is 33.1 Å². The van der Waals surface area contributed by atoms with Crippen LogP contribution in [-0.2, 0) is 0 Å². The molecule has 1 saturated heterocycles. The summed E-state index contributed by atoms with van der Waals surface area (Å²) in [6.07, 6.45) is 3.37. The molecule has 0 atom stereocenters. The van der Waals surface area contributed by atoms with Crippen LogP contribution in [0.2, 0.25) is 0 Å². The Morgan fingerprint density at radius 2 is 2.10 bits per heavy atom. The lowest BCUT2D eigenvalue weighted by atomic mass is 9.78. The normalized spacial score (nSPS) is 17.9. The summed E-state index contributed by atoms with van der Waals surface area (Å²) >= 11 is 0. The first-order valence-corrected chi connectivity index (χ1v) is 7.06. The van der Waals surface area contributed by atoms with E-state index in [1.807, 2.05) is 0 Å². The zero-order valence-corrected chi connectivity index (χ0v) is 12.3. The monoisotopic (exact) mass is 278 g/mol. The van der Waals surface area contributed by atoms with Crippen molar-refractivity contribution in [3.63, 3.8) is 0 Å². The molecule has 0 spiro atoms. The van der Waals surface area contributed by atoms with E-state index in [0.717, 1.165) is 25.9 Å². The highest BCUT2D eigenvalue weighted by molar-refractivity contribution is 5.55. The number of rotatable bonds is 4. The molecular formula is C14H22N4O2. The molecule has 0 radical (unpaired) electrons. The molecule has 6 nitrogen and oxygen atoms in total. The van der Waals surface area contributed by atoms with E-state index in [-0.39, 0.29) is 10.6 Å². The SMILES string of the molecule is CCC1(C)CCN(c2cc([N+](=O)[O-])cc(NC)n2)CC1. The number of piperidine rings is 1. The number of nitrogens with zero attached hydrogens (tertiary/aromatic N) is 3. The average Bonchev–Trinajstić information content (AvgIpc) is 2.47. The van der Waals surface area contributed by atoms with Gasteiger partial charge in [-0.15, -0.1) is 0 Å². The second-order valence-electron chi connectivity index (χ2n) is 5.73. The number of nitro groups is 1. The first-order chi connectivity index (χ1) is 9.47. The Balaban J connectivity index is 2.21. The molecule has 0 unspecified atom stereocenters. The standard InChI is InChI=1S/C14H22N4O2/c1-4-14(2)5-7-17(8-6-14)13-10-11(18(19)20)9-12(15-3)16-13/h9-10H,4-8H2,1-3H3,(H,15,16). The van der Waals surface area contributed by atoms with E-state index < -0.39 is 0 Å². The van der Waals surface area contributed by atoms with Gasteiger partial charge in [0.1, 0.15) is 11.6 Å². The number of aromatic nitrogens is 1. The van der Waals surface area contributed by atoms with Gasteiger partial charge >= 0.3 is 0 Å². The van der Waals surface area contributed by atoms with Gasteiger partial charge in [-0.25, -0.2) is 4.98 Å². The minimum atomic E-state index is -0.369. The van der Waals surface area contributed by atoms with Gasteiger partial charge in [0.25, 0.3) is 5.69 Å². The van der Waals surface area contributed by atoms with E-state index in [1.54, 1.807) is 13.1 Å². The first kappa shape index (κ1) is 14.6. The maximum Gasteiger partial charge on any atom is 0.276 e. The minimum absolute atomic E-state index is 0.0863. The van der Waals surface area contributed by atoms with Crippen LogP contribution in [0.3, 0.4) is 0 Å². The molecule has 2 heterocycles. The summed E-state index contributed by atoms with van der Waals surface area (Å²) in [5, 5.41) is 13.9. The lowest BCUT2D eigenvalue weighted by Crippen LogP contribution is -2.38. The van der Waals surface area contributed by atoms with Crippen LogP contribution in [-0.4, -0.2) is 30.0 Å². The smallest absolute Gasteiger partial charge is 0.276 e. The molecule has 0 aliphatic carbocycles. The maximum absolute atomic E-state index is 11.0. The van der Waals surface area contributed by atoms with Crippen molar-refractivity contribution >= 4 is 17.3 Å². The number of nitrogens with one attached hydrogen (secondary N) is 1. The van der Waals surface area contributed by atoms with Gasteiger partial charge in [-0.3, -0.25) is 10.1 Å². The number of hydrogen-bond donors (Lipinski definition) is 1. The summed E-state index contributed by atoms with van der Waals surface area (Å²) in [5.41, 5.74) is 0.478. The summed E-state index contributed by atoms with van der Waals surface area (Å²) in [6.45, 7) is 6.34. The third-order valence-electron chi connectivity index (χ3n) is 4.41.